The van der Waals surface area contributed by atoms with Gasteiger partial charge in [0.1, 0.15) is 34.6 Å². The van der Waals surface area contributed by atoms with E-state index >= 15 is 8.78 Å². The summed E-state index contributed by atoms with van der Waals surface area (Å²) >= 11 is 0. The average molecular weight is 592 g/mol. The van der Waals surface area contributed by atoms with E-state index in [1.54, 1.807) is 37.4 Å². The lowest BCUT2D eigenvalue weighted by Crippen LogP contribution is -2.46. The molecule has 5 rings (SSSR count). The normalized spacial score (nSPS) is 15.4. The molecule has 0 aliphatic carbocycles. The number of hydrogen-bond donors (Lipinski definition) is 0. The number of carbonyl (C=O) groups excluding carboxylic acids is 2. The van der Waals surface area contributed by atoms with E-state index in [0.717, 1.165) is 22.3 Å². The zero-order chi connectivity index (χ0) is 31.1. The van der Waals surface area contributed by atoms with Gasteiger partial charge in [0.15, 0.2) is 0 Å². The van der Waals surface area contributed by atoms with Crippen LogP contribution in [-0.2, 0) is 20.6 Å². The summed E-state index contributed by atoms with van der Waals surface area (Å²) in [4.78, 5) is 31.2. The third kappa shape index (κ3) is 5.94. The molecule has 10 nitrogen and oxygen atoms in total. The van der Waals surface area contributed by atoms with Gasteiger partial charge in [0.2, 0.25) is 0 Å². The monoisotopic (exact) mass is 591 g/mol. The number of nitriles is 1. The largest absolute Gasteiger partial charge is 0.453 e. The summed E-state index contributed by atoms with van der Waals surface area (Å²) < 4.78 is 50.9. The van der Waals surface area contributed by atoms with Crippen molar-refractivity contribution in [3.8, 4) is 28.6 Å². The number of imidazole rings is 1. The Hall–Kier alpha value is -4.76. The summed E-state index contributed by atoms with van der Waals surface area (Å²) in [5, 5.41) is 9.57. The number of benzene rings is 1. The van der Waals surface area contributed by atoms with Crippen molar-refractivity contribution in [3.05, 3.63) is 71.2 Å². The fraction of sp³-hybridized carbons (Fsp3) is 0.355. The summed E-state index contributed by atoms with van der Waals surface area (Å²) in [6, 6.07) is 10.6. The summed E-state index contributed by atoms with van der Waals surface area (Å²) in [5.74, 6) is -1.82. The molecule has 12 heteroatoms. The van der Waals surface area contributed by atoms with E-state index in [1.165, 1.54) is 24.1 Å². The second kappa shape index (κ2) is 11.5. The molecular formula is C31H31F2N5O5. The first-order valence-electron chi connectivity index (χ1n) is 13.7. The Morgan fingerprint density at radius 1 is 1.14 bits per heavy atom. The van der Waals surface area contributed by atoms with Crippen LogP contribution in [0.1, 0.15) is 37.7 Å². The number of rotatable bonds is 4. The van der Waals surface area contributed by atoms with Crippen molar-refractivity contribution in [1.82, 2.24) is 18.9 Å². The van der Waals surface area contributed by atoms with Gasteiger partial charge in [0.25, 0.3) is 0 Å². The number of pyridine rings is 1. The number of ether oxygens (including phenoxy) is 3. The Balaban J connectivity index is 1.58. The maximum atomic E-state index is 16.0. The number of hydrogen-bond acceptors (Lipinski definition) is 7. The minimum atomic E-state index is -0.910. The Morgan fingerprint density at radius 3 is 2.51 bits per heavy atom. The van der Waals surface area contributed by atoms with Gasteiger partial charge in [-0.3, -0.25) is 0 Å². The predicted octanol–water partition coefficient (Wildman–Crippen LogP) is 5.72. The van der Waals surface area contributed by atoms with Crippen LogP contribution < -0.4 is 0 Å². The van der Waals surface area contributed by atoms with Crippen molar-refractivity contribution in [2.24, 2.45) is 0 Å². The van der Waals surface area contributed by atoms with Crippen LogP contribution in [0.15, 0.2) is 42.6 Å². The maximum Gasteiger partial charge on any atom is 0.420 e. The maximum absolute atomic E-state index is 16.0. The summed E-state index contributed by atoms with van der Waals surface area (Å²) in [5.41, 5.74) is 0.875. The van der Waals surface area contributed by atoms with E-state index in [9.17, 15) is 14.9 Å². The SMILES string of the molecule is COC(=O)N1CCOC(Cc2c(-c3c(F)cc(-c4ccc(C#N)n4C(=O)OC(C)(C)C)cc3F)nc3cc(C)ccn23)C1. The van der Waals surface area contributed by atoms with Crippen molar-refractivity contribution in [2.45, 2.75) is 45.8 Å². The quantitative estimate of drug-likeness (QED) is 0.298. The molecule has 224 valence electrons. The number of carbonyl (C=O) groups is 2. The van der Waals surface area contributed by atoms with Crippen molar-refractivity contribution < 1.29 is 32.6 Å². The van der Waals surface area contributed by atoms with Crippen LogP contribution in [0, 0.1) is 29.9 Å². The van der Waals surface area contributed by atoms with Crippen LogP contribution in [0.3, 0.4) is 0 Å². The number of amides is 1. The van der Waals surface area contributed by atoms with Crippen molar-refractivity contribution in [3.63, 3.8) is 0 Å². The van der Waals surface area contributed by atoms with Crippen LogP contribution in [0.2, 0.25) is 0 Å². The molecule has 0 bridgehead atoms. The lowest BCUT2D eigenvalue weighted by molar-refractivity contribution is -0.0241. The van der Waals surface area contributed by atoms with Crippen molar-refractivity contribution in [2.75, 3.05) is 26.8 Å². The number of halogens is 2. The lowest BCUT2D eigenvalue weighted by atomic mass is 10.0. The highest BCUT2D eigenvalue weighted by Crippen LogP contribution is 2.35. The minimum Gasteiger partial charge on any atom is -0.453 e. The number of fused-ring (bicyclic) bond motifs is 1. The molecule has 3 aromatic heterocycles. The summed E-state index contributed by atoms with van der Waals surface area (Å²) in [6.07, 6.45) is 0.185. The molecule has 1 fully saturated rings. The molecule has 1 saturated heterocycles. The van der Waals surface area contributed by atoms with Gasteiger partial charge in [-0.15, -0.1) is 0 Å². The van der Waals surface area contributed by atoms with Crippen molar-refractivity contribution in [1.29, 1.82) is 5.26 Å². The number of methoxy groups -OCH3 is 1. The molecule has 1 unspecified atom stereocenters. The van der Waals surface area contributed by atoms with Gasteiger partial charge in [-0.2, -0.15) is 5.26 Å². The van der Waals surface area contributed by atoms with Crippen molar-refractivity contribution >= 4 is 17.8 Å². The van der Waals surface area contributed by atoms with Crippen LogP contribution >= 0.6 is 0 Å². The van der Waals surface area contributed by atoms with E-state index in [0.29, 0.717) is 17.9 Å². The summed E-state index contributed by atoms with van der Waals surface area (Å²) in [6.45, 7) is 7.79. The highest BCUT2D eigenvalue weighted by Gasteiger charge is 2.30. The third-order valence-corrected chi connectivity index (χ3v) is 7.02. The topological polar surface area (TPSA) is 111 Å². The molecule has 43 heavy (non-hydrogen) atoms. The number of aromatic nitrogens is 3. The Labute approximate surface area is 247 Å². The van der Waals surface area contributed by atoms with Gasteiger partial charge < -0.3 is 23.5 Å². The molecule has 1 aromatic carbocycles. The highest BCUT2D eigenvalue weighted by atomic mass is 19.1. The smallest absolute Gasteiger partial charge is 0.420 e. The molecule has 0 N–H and O–H groups in total. The van der Waals surface area contributed by atoms with Crippen LogP contribution in [0.4, 0.5) is 18.4 Å². The van der Waals surface area contributed by atoms with Gasteiger partial charge in [-0.1, -0.05) is 0 Å². The van der Waals surface area contributed by atoms with E-state index in [-0.39, 0.29) is 47.8 Å². The average Bonchev–Trinajstić information content (AvgIpc) is 3.53. The van der Waals surface area contributed by atoms with Crippen LogP contribution in [-0.4, -0.2) is 69.5 Å². The predicted molar refractivity (Wildman–Crippen MR) is 152 cm³/mol. The number of nitrogens with zero attached hydrogens (tertiary/aromatic N) is 5. The minimum absolute atomic E-state index is 0.0385. The molecule has 4 aromatic rings. The zero-order valence-electron chi connectivity index (χ0n) is 24.5. The van der Waals surface area contributed by atoms with Gasteiger partial charge in [-0.05, 0) is 69.7 Å². The highest BCUT2D eigenvalue weighted by molar-refractivity contribution is 5.82. The molecule has 0 spiro atoms. The first-order chi connectivity index (χ1) is 20.4. The molecule has 1 aliphatic rings. The van der Waals surface area contributed by atoms with E-state index in [4.69, 9.17) is 14.2 Å². The molecule has 1 aliphatic heterocycles. The Kier molecular flexibility index (Phi) is 7.94. The first-order valence-corrected chi connectivity index (χ1v) is 13.7. The number of morpholine rings is 1. The van der Waals surface area contributed by atoms with Gasteiger partial charge in [0.05, 0.1) is 49.0 Å². The molecule has 4 heterocycles. The molecule has 1 atom stereocenters. The summed E-state index contributed by atoms with van der Waals surface area (Å²) in [7, 11) is 1.30. The first kappa shape index (κ1) is 29.7. The Bertz CT molecular complexity index is 1740. The number of aryl methyl sites for hydroxylation is 1. The van der Waals surface area contributed by atoms with Gasteiger partial charge >= 0.3 is 12.2 Å². The molecule has 1 amide bonds. The second-order valence-electron chi connectivity index (χ2n) is 11.3. The van der Waals surface area contributed by atoms with E-state index in [1.807, 2.05) is 19.1 Å². The standard InChI is InChI=1S/C31H31F2N5O5/c1-18-8-9-37-25(15-21-17-36(10-11-42-21)29(39)41-5)28(35-26(37)12-18)27-22(32)13-19(14-23(27)33)24-7-6-20(16-34)38(24)30(40)43-31(2,3)4/h6-9,12-14,21H,10-11,15,17H2,1-5H3. The van der Waals surface area contributed by atoms with E-state index in [2.05, 4.69) is 4.98 Å². The molecule has 0 saturated carbocycles. The zero-order valence-corrected chi connectivity index (χ0v) is 24.5. The van der Waals surface area contributed by atoms with Crippen LogP contribution in [0.25, 0.3) is 28.2 Å². The fourth-order valence-corrected chi connectivity index (χ4v) is 5.15. The van der Waals surface area contributed by atoms with Crippen LogP contribution in [0.5, 0.6) is 0 Å². The van der Waals surface area contributed by atoms with Gasteiger partial charge in [0, 0.05) is 24.7 Å². The van der Waals surface area contributed by atoms with Gasteiger partial charge in [-0.25, -0.2) is 27.9 Å². The molecular weight excluding hydrogens is 560 g/mol. The molecule has 0 radical (unpaired) electrons. The Morgan fingerprint density at radius 2 is 1.86 bits per heavy atom. The fourth-order valence-electron chi connectivity index (χ4n) is 5.15. The second-order valence-corrected chi connectivity index (χ2v) is 11.3. The van der Waals surface area contributed by atoms with E-state index < -0.39 is 35.5 Å². The lowest BCUT2D eigenvalue weighted by Gasteiger charge is -2.32. The third-order valence-electron chi connectivity index (χ3n) is 7.02.